The number of benzene rings is 3. The fourth-order valence-electron chi connectivity index (χ4n) is 3.26. The van der Waals surface area contributed by atoms with Gasteiger partial charge in [-0.3, -0.25) is 14.4 Å². The molecule has 0 heterocycles. The van der Waals surface area contributed by atoms with Gasteiger partial charge < -0.3 is 20.1 Å². The Hall–Kier alpha value is -3.35. The SMILES string of the molecule is COc1cc(/C=N\NC(=O)C(=O)Nc2c(C)cccc2C)cc(I)c1OCC(=O)Nc1ccc(Cl)c(Cl)c1. The zero-order valence-electron chi connectivity index (χ0n) is 20.5. The lowest BCUT2D eigenvalue weighted by Crippen LogP contribution is -2.32. The number of para-hydroxylation sites is 1. The molecule has 12 heteroatoms. The van der Waals surface area contributed by atoms with E-state index in [4.69, 9.17) is 32.7 Å². The Bertz CT molecular complexity index is 1390. The van der Waals surface area contributed by atoms with Crippen LogP contribution in [-0.4, -0.2) is 37.7 Å². The van der Waals surface area contributed by atoms with Gasteiger partial charge in [0.15, 0.2) is 18.1 Å². The highest BCUT2D eigenvalue weighted by atomic mass is 127. The van der Waals surface area contributed by atoms with E-state index in [0.29, 0.717) is 42.1 Å². The van der Waals surface area contributed by atoms with E-state index in [0.717, 1.165) is 11.1 Å². The van der Waals surface area contributed by atoms with Crippen LogP contribution in [0.4, 0.5) is 11.4 Å². The molecule has 0 aliphatic heterocycles. The minimum absolute atomic E-state index is 0.286. The lowest BCUT2D eigenvalue weighted by Gasteiger charge is -2.13. The third kappa shape index (κ3) is 7.83. The second-order valence-electron chi connectivity index (χ2n) is 7.92. The van der Waals surface area contributed by atoms with Crippen LogP contribution >= 0.6 is 45.8 Å². The number of methoxy groups -OCH3 is 1. The van der Waals surface area contributed by atoms with Crippen molar-refractivity contribution in [2.75, 3.05) is 24.4 Å². The van der Waals surface area contributed by atoms with Crippen molar-refractivity contribution in [2.45, 2.75) is 13.8 Å². The van der Waals surface area contributed by atoms with Gasteiger partial charge in [-0.05, 0) is 83.5 Å². The molecule has 9 nitrogen and oxygen atoms in total. The van der Waals surface area contributed by atoms with Crippen LogP contribution in [0.5, 0.6) is 11.5 Å². The number of carbonyl (C=O) groups excluding carboxylic acids is 3. The summed E-state index contributed by atoms with van der Waals surface area (Å²) in [6, 6.07) is 13.6. The summed E-state index contributed by atoms with van der Waals surface area (Å²) >= 11 is 13.9. The first-order valence-corrected chi connectivity index (χ1v) is 12.9. The van der Waals surface area contributed by atoms with Crippen LogP contribution in [0.15, 0.2) is 53.6 Å². The molecule has 3 rings (SSSR count). The van der Waals surface area contributed by atoms with E-state index in [2.05, 4.69) is 21.2 Å². The topological polar surface area (TPSA) is 118 Å². The van der Waals surface area contributed by atoms with Crippen LogP contribution < -0.4 is 25.5 Å². The van der Waals surface area contributed by atoms with E-state index in [9.17, 15) is 14.4 Å². The van der Waals surface area contributed by atoms with Gasteiger partial charge in [0, 0.05) is 11.4 Å². The van der Waals surface area contributed by atoms with E-state index in [-0.39, 0.29) is 6.61 Å². The molecule has 3 amide bonds. The van der Waals surface area contributed by atoms with Crippen molar-refractivity contribution in [1.82, 2.24) is 5.43 Å². The molecular weight excluding hydrogens is 646 g/mol. The summed E-state index contributed by atoms with van der Waals surface area (Å²) in [5.41, 5.74) is 5.51. The number of nitrogens with one attached hydrogen (secondary N) is 3. The average Bonchev–Trinajstić information content (AvgIpc) is 2.87. The average molecular weight is 669 g/mol. The quantitative estimate of drug-likeness (QED) is 0.130. The molecule has 0 unspecified atom stereocenters. The monoisotopic (exact) mass is 668 g/mol. The third-order valence-corrected chi connectivity index (χ3v) is 6.65. The Kier molecular flexibility index (Phi) is 10.3. The molecule has 0 fully saturated rings. The van der Waals surface area contributed by atoms with Gasteiger partial charge in [0.1, 0.15) is 0 Å². The van der Waals surface area contributed by atoms with Gasteiger partial charge in [0.25, 0.3) is 5.91 Å². The van der Waals surface area contributed by atoms with E-state index >= 15 is 0 Å². The maximum absolute atomic E-state index is 12.3. The molecule has 0 aliphatic carbocycles. The zero-order valence-corrected chi connectivity index (χ0v) is 24.2. The maximum atomic E-state index is 12.3. The number of anilines is 2. The van der Waals surface area contributed by atoms with Crippen molar-refractivity contribution in [2.24, 2.45) is 5.10 Å². The maximum Gasteiger partial charge on any atom is 0.329 e. The van der Waals surface area contributed by atoms with Crippen molar-refractivity contribution in [3.8, 4) is 11.5 Å². The van der Waals surface area contributed by atoms with E-state index in [1.54, 1.807) is 24.3 Å². The Morgan fingerprint density at radius 1 is 0.974 bits per heavy atom. The number of rotatable bonds is 8. The summed E-state index contributed by atoms with van der Waals surface area (Å²) in [5, 5.41) is 9.83. The molecule has 0 saturated carbocycles. The molecule has 0 aromatic heterocycles. The normalized spacial score (nSPS) is 10.7. The van der Waals surface area contributed by atoms with Gasteiger partial charge in [-0.2, -0.15) is 5.10 Å². The molecule has 0 aliphatic rings. The smallest absolute Gasteiger partial charge is 0.329 e. The van der Waals surface area contributed by atoms with Crippen molar-refractivity contribution < 1.29 is 23.9 Å². The number of ether oxygens (including phenoxy) is 2. The summed E-state index contributed by atoms with van der Waals surface area (Å²) in [6.45, 7) is 3.39. The second-order valence-corrected chi connectivity index (χ2v) is 9.90. The lowest BCUT2D eigenvalue weighted by molar-refractivity contribution is -0.136. The van der Waals surface area contributed by atoms with Gasteiger partial charge in [0.05, 0.1) is 26.9 Å². The minimum atomic E-state index is -0.918. The molecule has 198 valence electrons. The number of aryl methyl sites for hydroxylation is 2. The first kappa shape index (κ1) is 29.2. The van der Waals surface area contributed by atoms with Gasteiger partial charge in [-0.1, -0.05) is 41.4 Å². The van der Waals surface area contributed by atoms with Gasteiger partial charge >= 0.3 is 11.8 Å². The number of nitrogens with zero attached hydrogens (tertiary/aromatic N) is 1. The van der Waals surface area contributed by atoms with Gasteiger partial charge in [-0.15, -0.1) is 0 Å². The number of halogens is 3. The fourth-order valence-corrected chi connectivity index (χ4v) is 4.34. The molecule has 0 bridgehead atoms. The Morgan fingerprint density at radius 3 is 2.34 bits per heavy atom. The molecule has 0 saturated heterocycles. The largest absolute Gasteiger partial charge is 0.493 e. The minimum Gasteiger partial charge on any atom is -0.493 e. The van der Waals surface area contributed by atoms with Crippen LogP contribution in [0, 0.1) is 17.4 Å². The van der Waals surface area contributed by atoms with Crippen LogP contribution in [0.1, 0.15) is 16.7 Å². The van der Waals surface area contributed by atoms with Crippen molar-refractivity contribution >= 4 is 81.1 Å². The first-order chi connectivity index (χ1) is 18.1. The van der Waals surface area contributed by atoms with Gasteiger partial charge in [-0.25, -0.2) is 5.43 Å². The van der Waals surface area contributed by atoms with Crippen molar-refractivity contribution in [1.29, 1.82) is 0 Å². The Labute approximate surface area is 243 Å². The number of carbonyl (C=O) groups is 3. The Morgan fingerprint density at radius 2 is 1.68 bits per heavy atom. The lowest BCUT2D eigenvalue weighted by atomic mass is 10.1. The predicted octanol–water partition coefficient (Wildman–Crippen LogP) is 5.33. The zero-order chi connectivity index (χ0) is 27.8. The first-order valence-electron chi connectivity index (χ1n) is 11.0. The standard InChI is InChI=1S/C26H23Cl2IN4O5/c1-14-5-4-6-15(2)23(14)32-25(35)26(36)33-30-12-16-9-20(29)24(21(10-16)37-3)38-13-22(34)31-17-7-8-18(27)19(28)11-17/h4-12H,13H2,1-3H3,(H,31,34)(H,32,35)(H,33,36)/b30-12-. The summed E-state index contributed by atoms with van der Waals surface area (Å²) in [7, 11) is 1.45. The van der Waals surface area contributed by atoms with Crippen LogP contribution in [0.3, 0.4) is 0 Å². The second kappa shape index (κ2) is 13.4. The summed E-state index contributed by atoms with van der Waals surface area (Å²) in [6.07, 6.45) is 1.36. The number of hydrogen-bond acceptors (Lipinski definition) is 6. The third-order valence-electron chi connectivity index (χ3n) is 5.11. The van der Waals surface area contributed by atoms with Crippen LogP contribution in [0.25, 0.3) is 0 Å². The highest BCUT2D eigenvalue weighted by Crippen LogP contribution is 2.33. The van der Waals surface area contributed by atoms with Crippen molar-refractivity contribution in [3.05, 3.63) is 78.8 Å². The summed E-state index contributed by atoms with van der Waals surface area (Å²) in [5.74, 6) is -1.46. The molecule has 3 N–H and O–H groups in total. The fraction of sp³-hybridized carbons (Fsp3) is 0.154. The van der Waals surface area contributed by atoms with Crippen LogP contribution in [0.2, 0.25) is 10.0 Å². The molecular formula is C26H23Cl2IN4O5. The highest BCUT2D eigenvalue weighted by molar-refractivity contribution is 14.1. The van der Waals surface area contributed by atoms with E-state index in [1.165, 1.54) is 19.4 Å². The molecule has 0 atom stereocenters. The summed E-state index contributed by atoms with van der Waals surface area (Å²) < 4.78 is 11.7. The van der Waals surface area contributed by atoms with Crippen molar-refractivity contribution in [3.63, 3.8) is 0 Å². The molecule has 38 heavy (non-hydrogen) atoms. The number of amides is 3. The summed E-state index contributed by atoms with van der Waals surface area (Å²) in [4.78, 5) is 36.8. The Balaban J connectivity index is 1.60. The molecule has 3 aromatic carbocycles. The highest BCUT2D eigenvalue weighted by Gasteiger charge is 2.16. The van der Waals surface area contributed by atoms with E-state index in [1.807, 2.05) is 54.6 Å². The molecule has 0 spiro atoms. The predicted molar refractivity (Wildman–Crippen MR) is 157 cm³/mol. The molecule has 3 aromatic rings. The molecule has 0 radical (unpaired) electrons. The van der Waals surface area contributed by atoms with Gasteiger partial charge in [0.2, 0.25) is 0 Å². The number of hydrazone groups is 1. The van der Waals surface area contributed by atoms with E-state index < -0.39 is 17.7 Å². The van der Waals surface area contributed by atoms with Crippen LogP contribution in [-0.2, 0) is 14.4 Å². The number of hydrogen-bond donors (Lipinski definition) is 3.